The van der Waals surface area contributed by atoms with Crippen LogP contribution in [0.2, 0.25) is 0 Å². The highest BCUT2D eigenvalue weighted by Crippen LogP contribution is 2.30. The first-order valence-electron chi connectivity index (χ1n) is 9.33. The maximum atomic E-state index is 12.4. The Labute approximate surface area is 156 Å². The molecule has 26 heavy (non-hydrogen) atoms. The van der Waals surface area contributed by atoms with Gasteiger partial charge in [-0.2, -0.15) is 0 Å². The Balaban J connectivity index is 1.43. The van der Waals surface area contributed by atoms with Gasteiger partial charge in [-0.05, 0) is 43.9 Å². The molecule has 2 amide bonds. The van der Waals surface area contributed by atoms with Gasteiger partial charge in [0.2, 0.25) is 5.91 Å². The van der Waals surface area contributed by atoms with E-state index in [9.17, 15) is 9.59 Å². The third kappa shape index (κ3) is 3.88. The van der Waals surface area contributed by atoms with E-state index in [4.69, 9.17) is 4.74 Å². The summed E-state index contributed by atoms with van der Waals surface area (Å²) in [7, 11) is 0. The van der Waals surface area contributed by atoms with E-state index in [0.29, 0.717) is 11.7 Å². The van der Waals surface area contributed by atoms with Crippen LogP contribution in [0.3, 0.4) is 0 Å². The number of nitrogens with zero attached hydrogens (tertiary/aromatic N) is 1. The molecule has 2 fully saturated rings. The molecule has 1 aliphatic heterocycles. The van der Waals surface area contributed by atoms with Crippen molar-refractivity contribution in [2.75, 3.05) is 17.2 Å². The number of nitrogens with one attached hydrogen (secondary N) is 2. The van der Waals surface area contributed by atoms with E-state index in [1.807, 2.05) is 18.2 Å². The number of anilines is 2. The van der Waals surface area contributed by atoms with Gasteiger partial charge in [0.15, 0.2) is 5.13 Å². The van der Waals surface area contributed by atoms with Crippen LogP contribution < -0.4 is 10.6 Å². The lowest BCUT2D eigenvalue weighted by molar-refractivity contribution is -0.124. The quantitative estimate of drug-likeness (QED) is 0.851. The van der Waals surface area contributed by atoms with Gasteiger partial charge in [0.25, 0.3) is 5.91 Å². The van der Waals surface area contributed by atoms with E-state index in [-0.39, 0.29) is 23.8 Å². The summed E-state index contributed by atoms with van der Waals surface area (Å²) >= 11 is 1.44. The number of rotatable bonds is 4. The maximum absolute atomic E-state index is 12.4. The van der Waals surface area contributed by atoms with E-state index in [1.165, 1.54) is 17.8 Å². The van der Waals surface area contributed by atoms with Crippen LogP contribution in [0.25, 0.3) is 10.2 Å². The molecule has 1 aromatic carbocycles. The van der Waals surface area contributed by atoms with Crippen LogP contribution in [0.5, 0.6) is 0 Å². The second-order valence-corrected chi connectivity index (χ2v) is 8.05. The van der Waals surface area contributed by atoms with Gasteiger partial charge in [0.1, 0.15) is 6.10 Å². The van der Waals surface area contributed by atoms with Crippen molar-refractivity contribution in [1.29, 1.82) is 0 Å². The number of carbonyl (C=O) groups is 2. The van der Waals surface area contributed by atoms with E-state index in [0.717, 1.165) is 54.4 Å². The molecule has 2 heterocycles. The van der Waals surface area contributed by atoms with Gasteiger partial charge in [-0.3, -0.25) is 9.59 Å². The lowest BCUT2D eigenvalue weighted by Crippen LogP contribution is -2.26. The average molecular weight is 373 g/mol. The number of fused-ring (bicyclic) bond motifs is 1. The number of carbonyl (C=O) groups excluding carboxylic acids is 2. The van der Waals surface area contributed by atoms with Gasteiger partial charge >= 0.3 is 0 Å². The van der Waals surface area contributed by atoms with Gasteiger partial charge in [-0.1, -0.05) is 30.6 Å². The molecule has 0 spiro atoms. The number of hydrogen-bond acceptors (Lipinski definition) is 5. The third-order valence-electron chi connectivity index (χ3n) is 5.08. The van der Waals surface area contributed by atoms with Crippen LogP contribution in [0.1, 0.15) is 44.9 Å². The normalized spacial score (nSPS) is 21.0. The fourth-order valence-corrected chi connectivity index (χ4v) is 4.54. The molecule has 0 bridgehead atoms. The zero-order chi connectivity index (χ0) is 17.9. The zero-order valence-electron chi connectivity index (χ0n) is 14.6. The molecule has 1 atom stereocenters. The predicted molar refractivity (Wildman–Crippen MR) is 102 cm³/mol. The number of ether oxygens (including phenoxy) is 1. The molecule has 1 unspecified atom stereocenters. The first-order valence-corrected chi connectivity index (χ1v) is 10.1. The van der Waals surface area contributed by atoms with Gasteiger partial charge in [0.05, 0.1) is 10.2 Å². The molecule has 2 aromatic rings. The molecule has 138 valence electrons. The van der Waals surface area contributed by atoms with Crippen molar-refractivity contribution in [2.24, 2.45) is 5.92 Å². The summed E-state index contributed by atoms with van der Waals surface area (Å²) in [5.41, 5.74) is 1.55. The second kappa shape index (κ2) is 7.72. The highest BCUT2D eigenvalue weighted by Gasteiger charge is 2.24. The summed E-state index contributed by atoms with van der Waals surface area (Å²) in [5, 5.41) is 6.50. The number of amides is 2. The van der Waals surface area contributed by atoms with Gasteiger partial charge in [-0.15, -0.1) is 0 Å². The summed E-state index contributed by atoms with van der Waals surface area (Å²) in [4.78, 5) is 29.1. The number of thiazole rings is 1. The summed E-state index contributed by atoms with van der Waals surface area (Å²) in [6, 6.07) is 5.60. The maximum Gasteiger partial charge on any atom is 0.253 e. The Morgan fingerprint density at radius 1 is 1.04 bits per heavy atom. The van der Waals surface area contributed by atoms with Crippen molar-refractivity contribution in [1.82, 2.24) is 4.98 Å². The Bertz CT molecular complexity index is 807. The first kappa shape index (κ1) is 17.4. The lowest BCUT2D eigenvalue weighted by Gasteiger charge is -2.19. The molecule has 2 aliphatic rings. The molecule has 7 heteroatoms. The van der Waals surface area contributed by atoms with E-state index < -0.39 is 0 Å². The molecular weight excluding hydrogens is 350 g/mol. The van der Waals surface area contributed by atoms with Crippen LogP contribution >= 0.6 is 11.3 Å². The van der Waals surface area contributed by atoms with Crippen molar-refractivity contribution in [3.05, 3.63) is 18.2 Å². The third-order valence-corrected chi connectivity index (χ3v) is 6.02. The summed E-state index contributed by atoms with van der Waals surface area (Å²) in [5.74, 6) is 0.0878. The average Bonchev–Trinajstić information content (AvgIpc) is 3.31. The Kier molecular flexibility index (Phi) is 5.17. The summed E-state index contributed by atoms with van der Waals surface area (Å²) in [6.45, 7) is 0.649. The van der Waals surface area contributed by atoms with E-state index in [1.54, 1.807) is 0 Å². The number of aromatic nitrogens is 1. The van der Waals surface area contributed by atoms with Crippen LogP contribution in [-0.4, -0.2) is 29.5 Å². The minimum absolute atomic E-state index is 0.0793. The molecule has 2 N–H and O–H groups in total. The van der Waals surface area contributed by atoms with E-state index in [2.05, 4.69) is 15.6 Å². The molecule has 0 radical (unpaired) electrons. The van der Waals surface area contributed by atoms with Crippen LogP contribution in [0.15, 0.2) is 18.2 Å². The molecule has 6 nitrogen and oxygen atoms in total. The Hall–Kier alpha value is -1.99. The van der Waals surface area contributed by atoms with Crippen LogP contribution in [-0.2, 0) is 14.3 Å². The summed E-state index contributed by atoms with van der Waals surface area (Å²) in [6.07, 6.45) is 6.77. The fourth-order valence-electron chi connectivity index (χ4n) is 3.64. The Morgan fingerprint density at radius 2 is 1.88 bits per heavy atom. The molecule has 1 saturated carbocycles. The number of hydrogen-bond donors (Lipinski definition) is 2. The zero-order valence-corrected chi connectivity index (χ0v) is 15.4. The predicted octanol–water partition coefficient (Wildman–Crippen LogP) is 3.93. The largest absolute Gasteiger partial charge is 0.368 e. The second-order valence-electron chi connectivity index (χ2n) is 7.02. The standard InChI is InChI=1S/C19H23N3O3S/c23-17(12-5-2-1-3-6-12)22-19-21-14-9-8-13(11-16(14)26-19)20-18(24)15-7-4-10-25-15/h8-9,11-12,15H,1-7,10H2,(H,20,24)(H,21,22,23). The fraction of sp³-hybridized carbons (Fsp3) is 0.526. The van der Waals surface area contributed by atoms with Crippen LogP contribution in [0, 0.1) is 5.92 Å². The number of benzene rings is 1. The molecule has 1 aliphatic carbocycles. The van der Waals surface area contributed by atoms with Gasteiger partial charge in [0, 0.05) is 18.2 Å². The molecule has 1 aromatic heterocycles. The minimum Gasteiger partial charge on any atom is -0.368 e. The molecule has 1 saturated heterocycles. The smallest absolute Gasteiger partial charge is 0.253 e. The monoisotopic (exact) mass is 373 g/mol. The highest BCUT2D eigenvalue weighted by atomic mass is 32.1. The van der Waals surface area contributed by atoms with E-state index >= 15 is 0 Å². The SMILES string of the molecule is O=C(Nc1nc2ccc(NC(=O)C3CCCO3)cc2s1)C1CCCCC1. The minimum atomic E-state index is -0.350. The molecule has 4 rings (SSSR count). The van der Waals surface area contributed by atoms with Crippen LogP contribution in [0.4, 0.5) is 10.8 Å². The topological polar surface area (TPSA) is 80.3 Å². The molecular formula is C19H23N3O3S. The van der Waals surface area contributed by atoms with Crippen molar-refractivity contribution < 1.29 is 14.3 Å². The first-order chi connectivity index (χ1) is 12.7. The van der Waals surface area contributed by atoms with Gasteiger partial charge in [-0.25, -0.2) is 4.98 Å². The summed E-state index contributed by atoms with van der Waals surface area (Å²) < 4.78 is 6.35. The lowest BCUT2D eigenvalue weighted by atomic mass is 9.89. The Morgan fingerprint density at radius 3 is 2.65 bits per heavy atom. The van der Waals surface area contributed by atoms with Crippen molar-refractivity contribution in [3.8, 4) is 0 Å². The van der Waals surface area contributed by atoms with Crippen molar-refractivity contribution in [3.63, 3.8) is 0 Å². The highest BCUT2D eigenvalue weighted by molar-refractivity contribution is 7.22. The van der Waals surface area contributed by atoms with Crippen molar-refractivity contribution >= 4 is 44.2 Å². The van der Waals surface area contributed by atoms with Crippen molar-refractivity contribution in [2.45, 2.75) is 51.0 Å². The van der Waals surface area contributed by atoms with Gasteiger partial charge < -0.3 is 15.4 Å².